The fraction of sp³-hybridized carbons (Fsp3) is 0.500. The van der Waals surface area contributed by atoms with Crippen molar-refractivity contribution in [3.8, 4) is 11.5 Å². The number of piperidine rings is 1. The molecule has 2 atom stereocenters. The first-order chi connectivity index (χ1) is 10.1. The summed E-state index contributed by atoms with van der Waals surface area (Å²) < 4.78 is 5.36. The smallest absolute Gasteiger partial charge is 0.257 e. The van der Waals surface area contributed by atoms with Gasteiger partial charge in [-0.15, -0.1) is 0 Å². The van der Waals surface area contributed by atoms with Crippen LogP contribution in [-0.2, 0) is 6.54 Å². The highest BCUT2D eigenvalue weighted by Crippen LogP contribution is 2.21. The molecular weight excluding hydrogens is 266 g/mol. The molecule has 1 aromatic carbocycles. The predicted octanol–water partition coefficient (Wildman–Crippen LogP) is 2.25. The van der Waals surface area contributed by atoms with Crippen molar-refractivity contribution in [2.45, 2.75) is 32.9 Å². The Balaban J connectivity index is 1.68. The van der Waals surface area contributed by atoms with Gasteiger partial charge < -0.3 is 9.63 Å². The summed E-state index contributed by atoms with van der Waals surface area (Å²) in [4.78, 5) is 6.74. The van der Waals surface area contributed by atoms with Crippen LogP contribution in [0.3, 0.4) is 0 Å². The molecule has 1 aliphatic heterocycles. The highest BCUT2D eigenvalue weighted by atomic mass is 16.5. The van der Waals surface area contributed by atoms with Gasteiger partial charge in [-0.25, -0.2) is 0 Å². The minimum Gasteiger partial charge on any atom is -0.393 e. The van der Waals surface area contributed by atoms with Crippen molar-refractivity contribution in [3.05, 3.63) is 35.7 Å². The van der Waals surface area contributed by atoms with E-state index in [1.54, 1.807) is 0 Å². The number of hydrogen-bond donors (Lipinski definition) is 1. The van der Waals surface area contributed by atoms with Gasteiger partial charge in [-0.3, -0.25) is 4.90 Å². The molecule has 0 spiro atoms. The van der Waals surface area contributed by atoms with Crippen LogP contribution in [0.15, 0.2) is 28.8 Å². The zero-order valence-corrected chi connectivity index (χ0v) is 12.5. The molecule has 2 unspecified atom stereocenters. The molecule has 5 heteroatoms. The van der Waals surface area contributed by atoms with Crippen molar-refractivity contribution >= 4 is 0 Å². The van der Waals surface area contributed by atoms with Gasteiger partial charge in [0, 0.05) is 18.7 Å². The van der Waals surface area contributed by atoms with Crippen molar-refractivity contribution in [1.29, 1.82) is 0 Å². The number of nitrogens with zero attached hydrogens (tertiary/aromatic N) is 3. The molecule has 112 valence electrons. The van der Waals surface area contributed by atoms with Gasteiger partial charge in [-0.2, -0.15) is 4.98 Å². The topological polar surface area (TPSA) is 62.4 Å². The van der Waals surface area contributed by atoms with E-state index in [1.165, 1.54) is 5.56 Å². The van der Waals surface area contributed by atoms with E-state index in [2.05, 4.69) is 22.0 Å². The summed E-state index contributed by atoms with van der Waals surface area (Å²) in [6.45, 7) is 6.54. The lowest BCUT2D eigenvalue weighted by Crippen LogP contribution is -2.41. The molecule has 2 heterocycles. The molecule has 0 aliphatic carbocycles. The molecule has 1 saturated heterocycles. The number of rotatable bonds is 3. The molecule has 0 saturated carbocycles. The predicted molar refractivity (Wildman–Crippen MR) is 79.5 cm³/mol. The van der Waals surface area contributed by atoms with E-state index >= 15 is 0 Å². The Morgan fingerprint density at radius 1 is 1.43 bits per heavy atom. The first-order valence-electron chi connectivity index (χ1n) is 7.42. The van der Waals surface area contributed by atoms with Gasteiger partial charge in [0.25, 0.3) is 5.89 Å². The number of hydrogen-bond acceptors (Lipinski definition) is 5. The van der Waals surface area contributed by atoms with Crippen LogP contribution in [0.1, 0.15) is 24.7 Å². The minimum atomic E-state index is -0.186. The molecule has 1 fully saturated rings. The Bertz CT molecular complexity index is 611. The zero-order chi connectivity index (χ0) is 14.8. The molecule has 21 heavy (non-hydrogen) atoms. The molecule has 0 amide bonds. The summed E-state index contributed by atoms with van der Waals surface area (Å²) in [6, 6.07) is 8.05. The first kappa shape index (κ1) is 14.2. The number of aryl methyl sites for hydroxylation is 1. The van der Waals surface area contributed by atoms with E-state index in [1.807, 2.05) is 31.2 Å². The summed E-state index contributed by atoms with van der Waals surface area (Å²) in [5.74, 6) is 1.57. The Morgan fingerprint density at radius 2 is 2.29 bits per heavy atom. The van der Waals surface area contributed by atoms with E-state index in [0.717, 1.165) is 25.1 Å². The van der Waals surface area contributed by atoms with E-state index in [-0.39, 0.29) is 6.10 Å². The van der Waals surface area contributed by atoms with Crippen LogP contribution in [0.2, 0.25) is 0 Å². The molecule has 1 aliphatic rings. The fourth-order valence-corrected chi connectivity index (χ4v) is 2.78. The third-order valence-corrected chi connectivity index (χ3v) is 4.04. The zero-order valence-electron chi connectivity index (χ0n) is 12.5. The van der Waals surface area contributed by atoms with Crippen LogP contribution in [0.5, 0.6) is 0 Å². The normalized spacial score (nSPS) is 23.4. The van der Waals surface area contributed by atoms with Gasteiger partial charge >= 0.3 is 0 Å². The van der Waals surface area contributed by atoms with Gasteiger partial charge in [0.2, 0.25) is 0 Å². The average molecular weight is 287 g/mol. The van der Waals surface area contributed by atoms with Crippen LogP contribution < -0.4 is 0 Å². The van der Waals surface area contributed by atoms with Crippen molar-refractivity contribution in [1.82, 2.24) is 15.0 Å². The van der Waals surface area contributed by atoms with Crippen LogP contribution in [0.4, 0.5) is 0 Å². The van der Waals surface area contributed by atoms with Gasteiger partial charge in [0.1, 0.15) is 0 Å². The van der Waals surface area contributed by atoms with Crippen LogP contribution >= 0.6 is 0 Å². The standard InChI is InChI=1S/C16H21N3O2/c1-11-4-3-5-13(8-11)16-17-15(18-21-16)10-19-7-6-14(20)12(2)9-19/h3-5,8,12,14,20H,6-7,9-10H2,1-2H3. The van der Waals surface area contributed by atoms with Crippen molar-refractivity contribution < 1.29 is 9.63 Å². The third-order valence-electron chi connectivity index (χ3n) is 4.04. The van der Waals surface area contributed by atoms with Crippen molar-refractivity contribution in [2.75, 3.05) is 13.1 Å². The maximum atomic E-state index is 9.76. The Hall–Kier alpha value is -1.72. The van der Waals surface area contributed by atoms with Gasteiger partial charge in [-0.05, 0) is 31.4 Å². The van der Waals surface area contributed by atoms with E-state index < -0.39 is 0 Å². The second-order valence-corrected chi connectivity index (χ2v) is 5.95. The highest BCUT2D eigenvalue weighted by molar-refractivity contribution is 5.53. The molecule has 0 radical (unpaired) electrons. The number of likely N-dealkylation sites (tertiary alicyclic amines) is 1. The SMILES string of the molecule is Cc1cccc(-c2nc(CN3CCC(O)C(C)C3)no2)c1. The van der Waals surface area contributed by atoms with Crippen LogP contribution in [-0.4, -0.2) is 39.3 Å². The summed E-state index contributed by atoms with van der Waals surface area (Å²) in [5.41, 5.74) is 2.13. The Labute approximate surface area is 124 Å². The summed E-state index contributed by atoms with van der Waals surface area (Å²) >= 11 is 0. The van der Waals surface area contributed by atoms with Crippen LogP contribution in [0.25, 0.3) is 11.5 Å². The van der Waals surface area contributed by atoms with Crippen molar-refractivity contribution in [3.63, 3.8) is 0 Å². The lowest BCUT2D eigenvalue weighted by molar-refractivity contribution is 0.0308. The summed E-state index contributed by atoms with van der Waals surface area (Å²) in [5, 5.41) is 13.8. The fourth-order valence-electron chi connectivity index (χ4n) is 2.78. The molecule has 1 aromatic heterocycles. The Kier molecular flexibility index (Phi) is 4.03. The molecule has 5 nitrogen and oxygen atoms in total. The van der Waals surface area contributed by atoms with E-state index in [4.69, 9.17) is 4.52 Å². The molecule has 2 aromatic rings. The molecule has 1 N–H and O–H groups in total. The number of aliphatic hydroxyl groups is 1. The molecule has 3 rings (SSSR count). The molecular formula is C16H21N3O2. The number of aromatic nitrogens is 2. The monoisotopic (exact) mass is 287 g/mol. The number of benzene rings is 1. The maximum absolute atomic E-state index is 9.76. The lowest BCUT2D eigenvalue weighted by atomic mass is 9.97. The van der Waals surface area contributed by atoms with Crippen LogP contribution in [0, 0.1) is 12.8 Å². The summed E-state index contributed by atoms with van der Waals surface area (Å²) in [6.07, 6.45) is 0.624. The number of aliphatic hydroxyl groups excluding tert-OH is 1. The third kappa shape index (κ3) is 3.31. The van der Waals surface area contributed by atoms with E-state index in [9.17, 15) is 5.11 Å². The van der Waals surface area contributed by atoms with Crippen molar-refractivity contribution in [2.24, 2.45) is 5.92 Å². The molecule has 0 bridgehead atoms. The summed E-state index contributed by atoms with van der Waals surface area (Å²) in [7, 11) is 0. The van der Waals surface area contributed by atoms with E-state index in [0.29, 0.717) is 24.2 Å². The lowest BCUT2D eigenvalue weighted by Gasteiger charge is -2.33. The van der Waals surface area contributed by atoms with Gasteiger partial charge in [0.15, 0.2) is 5.82 Å². The largest absolute Gasteiger partial charge is 0.393 e. The quantitative estimate of drug-likeness (QED) is 0.938. The minimum absolute atomic E-state index is 0.186. The second-order valence-electron chi connectivity index (χ2n) is 5.95. The van der Waals surface area contributed by atoms with Gasteiger partial charge in [-0.1, -0.05) is 29.8 Å². The highest BCUT2D eigenvalue weighted by Gasteiger charge is 2.25. The maximum Gasteiger partial charge on any atom is 0.257 e. The Morgan fingerprint density at radius 3 is 3.05 bits per heavy atom. The van der Waals surface area contributed by atoms with Gasteiger partial charge in [0.05, 0.1) is 12.6 Å². The average Bonchev–Trinajstić information content (AvgIpc) is 2.91. The second kappa shape index (κ2) is 5.95. The first-order valence-corrected chi connectivity index (χ1v) is 7.42.